The summed E-state index contributed by atoms with van der Waals surface area (Å²) in [5.74, 6) is 0.174. The number of carbonyl (C=O) groups excluding carboxylic acids is 1. The molecule has 3 aromatic rings. The molecule has 5 heteroatoms. The van der Waals surface area contributed by atoms with Crippen LogP contribution >= 0.6 is 11.6 Å². The van der Waals surface area contributed by atoms with Gasteiger partial charge in [-0.15, -0.1) is 0 Å². The molecule has 3 aromatic carbocycles. The average Bonchev–Trinajstić information content (AvgIpc) is 2.72. The van der Waals surface area contributed by atoms with Crippen molar-refractivity contribution in [3.63, 3.8) is 0 Å². The van der Waals surface area contributed by atoms with E-state index in [0.29, 0.717) is 16.5 Å². The van der Waals surface area contributed by atoms with E-state index in [1.54, 1.807) is 12.3 Å². The van der Waals surface area contributed by atoms with E-state index in [-0.39, 0.29) is 11.4 Å². The maximum Gasteiger partial charge on any atom is 0.271 e. The molecular formula is C25H26ClN3O. The van der Waals surface area contributed by atoms with E-state index in [4.69, 9.17) is 11.6 Å². The number of anilines is 1. The summed E-state index contributed by atoms with van der Waals surface area (Å²) in [5.41, 5.74) is 6.52. The molecule has 0 radical (unpaired) electrons. The standard InChI is InChI=1S/C25H26ClN3O/c1-16-14-25(2,3)29(4)23-13-22(26)18(12-21(16)23)15-27-28-24(30)20-11-7-9-17-8-5-6-10-19(17)20/h5-13,15-16H,14H2,1-4H3,(H,28,30)/b27-15-/t16-/m1/s1. The van der Waals surface area contributed by atoms with Crippen molar-refractivity contribution in [2.24, 2.45) is 5.10 Å². The second-order valence-corrected chi connectivity index (χ2v) is 9.04. The van der Waals surface area contributed by atoms with Gasteiger partial charge in [-0.05, 0) is 60.7 Å². The molecule has 0 bridgehead atoms. The van der Waals surface area contributed by atoms with Gasteiger partial charge in [0.25, 0.3) is 5.91 Å². The summed E-state index contributed by atoms with van der Waals surface area (Å²) in [7, 11) is 2.11. The van der Waals surface area contributed by atoms with Gasteiger partial charge in [0.1, 0.15) is 0 Å². The molecule has 0 aromatic heterocycles. The summed E-state index contributed by atoms with van der Waals surface area (Å²) in [4.78, 5) is 15.0. The number of benzene rings is 3. The van der Waals surface area contributed by atoms with E-state index in [1.807, 2.05) is 42.5 Å². The number of hydrazone groups is 1. The Hall–Kier alpha value is -2.85. The van der Waals surface area contributed by atoms with Gasteiger partial charge in [0, 0.05) is 29.4 Å². The Kier molecular flexibility index (Phi) is 5.29. The van der Waals surface area contributed by atoms with Crippen molar-refractivity contribution in [1.29, 1.82) is 0 Å². The topological polar surface area (TPSA) is 44.7 Å². The van der Waals surface area contributed by atoms with E-state index in [9.17, 15) is 4.79 Å². The summed E-state index contributed by atoms with van der Waals surface area (Å²) >= 11 is 6.55. The molecule has 0 saturated carbocycles. The molecule has 1 N–H and O–H groups in total. The number of hydrogen-bond donors (Lipinski definition) is 1. The molecule has 4 rings (SSSR count). The molecule has 30 heavy (non-hydrogen) atoms. The lowest BCUT2D eigenvalue weighted by molar-refractivity contribution is 0.0957. The highest BCUT2D eigenvalue weighted by Gasteiger charge is 2.34. The van der Waals surface area contributed by atoms with E-state index in [2.05, 4.69) is 49.3 Å². The number of fused-ring (bicyclic) bond motifs is 2. The van der Waals surface area contributed by atoms with Crippen LogP contribution in [0.3, 0.4) is 0 Å². The van der Waals surface area contributed by atoms with E-state index in [0.717, 1.165) is 28.4 Å². The van der Waals surface area contributed by atoms with Crippen molar-refractivity contribution < 1.29 is 4.79 Å². The second kappa shape index (κ2) is 7.77. The first-order valence-corrected chi connectivity index (χ1v) is 10.5. The Balaban J connectivity index is 1.58. The summed E-state index contributed by atoms with van der Waals surface area (Å²) in [6, 6.07) is 17.6. The zero-order chi connectivity index (χ0) is 21.5. The largest absolute Gasteiger partial charge is 0.369 e. The molecule has 0 saturated heterocycles. The predicted octanol–water partition coefficient (Wildman–Crippen LogP) is 5.98. The van der Waals surface area contributed by atoms with Crippen LogP contribution in [0.15, 0.2) is 59.7 Å². The first-order chi connectivity index (χ1) is 14.3. The maximum atomic E-state index is 12.7. The minimum absolute atomic E-state index is 0.0811. The third kappa shape index (κ3) is 3.68. The molecule has 1 amide bonds. The van der Waals surface area contributed by atoms with E-state index < -0.39 is 0 Å². The molecule has 0 fully saturated rings. The minimum atomic E-state index is -0.244. The van der Waals surface area contributed by atoms with Gasteiger partial charge in [-0.25, -0.2) is 5.43 Å². The van der Waals surface area contributed by atoms with Crippen molar-refractivity contribution in [1.82, 2.24) is 5.43 Å². The fraction of sp³-hybridized carbons (Fsp3) is 0.280. The van der Waals surface area contributed by atoms with E-state index >= 15 is 0 Å². The lowest BCUT2D eigenvalue weighted by Gasteiger charge is -2.45. The monoisotopic (exact) mass is 419 g/mol. The highest BCUT2D eigenvalue weighted by Crippen LogP contribution is 2.44. The van der Waals surface area contributed by atoms with Crippen molar-refractivity contribution in [3.8, 4) is 0 Å². The van der Waals surface area contributed by atoms with Gasteiger partial charge >= 0.3 is 0 Å². The van der Waals surface area contributed by atoms with Gasteiger partial charge in [0.2, 0.25) is 0 Å². The van der Waals surface area contributed by atoms with Gasteiger partial charge < -0.3 is 4.90 Å². The number of rotatable bonds is 3. The van der Waals surface area contributed by atoms with Crippen molar-refractivity contribution in [3.05, 3.63) is 76.3 Å². The van der Waals surface area contributed by atoms with E-state index in [1.165, 1.54) is 5.56 Å². The molecule has 1 aliphatic rings. The van der Waals surface area contributed by atoms with Crippen molar-refractivity contribution >= 4 is 40.2 Å². The molecule has 1 atom stereocenters. The summed E-state index contributed by atoms with van der Waals surface area (Å²) in [6.07, 6.45) is 2.69. The van der Waals surface area contributed by atoms with Crippen LogP contribution in [0.4, 0.5) is 5.69 Å². The zero-order valence-electron chi connectivity index (χ0n) is 17.7. The van der Waals surface area contributed by atoms with Crippen molar-refractivity contribution in [2.45, 2.75) is 38.6 Å². The SMILES string of the molecule is C[C@@H]1CC(C)(C)N(C)c2cc(Cl)c(/C=N\NC(=O)c3cccc4ccccc34)cc21. The number of nitrogens with zero attached hydrogens (tertiary/aromatic N) is 2. The second-order valence-electron chi connectivity index (χ2n) is 8.63. The minimum Gasteiger partial charge on any atom is -0.369 e. The van der Waals surface area contributed by atoms with Gasteiger partial charge in [-0.3, -0.25) is 4.79 Å². The average molecular weight is 420 g/mol. The van der Waals surface area contributed by atoms with Crippen LogP contribution < -0.4 is 10.3 Å². The normalized spacial score (nSPS) is 17.9. The Morgan fingerprint density at radius 2 is 1.93 bits per heavy atom. The zero-order valence-corrected chi connectivity index (χ0v) is 18.5. The van der Waals surface area contributed by atoms with Crippen LogP contribution in [0, 0.1) is 0 Å². The highest BCUT2D eigenvalue weighted by molar-refractivity contribution is 6.33. The number of nitrogens with one attached hydrogen (secondary N) is 1. The first kappa shape index (κ1) is 20.4. The van der Waals surface area contributed by atoms with Crippen LogP contribution in [0.5, 0.6) is 0 Å². The summed E-state index contributed by atoms with van der Waals surface area (Å²) in [5, 5.41) is 6.73. The third-order valence-electron chi connectivity index (χ3n) is 6.16. The van der Waals surface area contributed by atoms with Crippen LogP contribution in [-0.4, -0.2) is 24.7 Å². The lowest BCUT2D eigenvalue weighted by atomic mass is 9.80. The van der Waals surface area contributed by atoms with Gasteiger partial charge in [-0.2, -0.15) is 5.10 Å². The Morgan fingerprint density at radius 1 is 1.20 bits per heavy atom. The van der Waals surface area contributed by atoms with Gasteiger partial charge in [0.15, 0.2) is 0 Å². The number of carbonyl (C=O) groups is 1. The fourth-order valence-corrected chi connectivity index (χ4v) is 4.55. The number of amides is 1. The molecule has 4 nitrogen and oxygen atoms in total. The fourth-order valence-electron chi connectivity index (χ4n) is 4.35. The Labute approximate surface area is 182 Å². The molecular weight excluding hydrogens is 394 g/mol. The van der Waals surface area contributed by atoms with Crippen LogP contribution in [0.1, 0.15) is 54.6 Å². The highest BCUT2D eigenvalue weighted by atomic mass is 35.5. The van der Waals surface area contributed by atoms with Gasteiger partial charge in [-0.1, -0.05) is 54.9 Å². The molecule has 154 valence electrons. The van der Waals surface area contributed by atoms with Gasteiger partial charge in [0.05, 0.1) is 11.2 Å². The van der Waals surface area contributed by atoms with Crippen LogP contribution in [0.25, 0.3) is 10.8 Å². The third-order valence-corrected chi connectivity index (χ3v) is 6.48. The summed E-state index contributed by atoms with van der Waals surface area (Å²) in [6.45, 7) is 6.74. The van der Waals surface area contributed by atoms with Crippen molar-refractivity contribution in [2.75, 3.05) is 11.9 Å². The number of halogens is 1. The van der Waals surface area contributed by atoms with Crippen LogP contribution in [-0.2, 0) is 0 Å². The molecule has 0 aliphatic carbocycles. The van der Waals surface area contributed by atoms with Crippen LogP contribution in [0.2, 0.25) is 5.02 Å². The lowest BCUT2D eigenvalue weighted by Crippen LogP contribution is -2.45. The maximum absolute atomic E-state index is 12.7. The predicted molar refractivity (Wildman–Crippen MR) is 126 cm³/mol. The molecule has 1 heterocycles. The smallest absolute Gasteiger partial charge is 0.271 e. The Bertz CT molecular complexity index is 1150. The Morgan fingerprint density at radius 3 is 2.73 bits per heavy atom. The summed E-state index contributed by atoms with van der Waals surface area (Å²) < 4.78 is 0. The molecule has 0 unspecified atom stereocenters. The number of hydrogen-bond acceptors (Lipinski definition) is 3. The quantitative estimate of drug-likeness (QED) is 0.419. The molecule has 0 spiro atoms. The molecule has 1 aliphatic heterocycles. The first-order valence-electron chi connectivity index (χ1n) is 10.2.